The third-order valence-electron chi connectivity index (χ3n) is 2.61. The van der Waals surface area contributed by atoms with Crippen LogP contribution < -0.4 is 5.32 Å². The number of nitrogens with one attached hydrogen (secondary N) is 1. The highest BCUT2D eigenvalue weighted by Crippen LogP contribution is 2.14. The Morgan fingerprint density at radius 3 is 2.73 bits per heavy atom. The first-order chi connectivity index (χ1) is 7.15. The summed E-state index contributed by atoms with van der Waals surface area (Å²) in [5.74, 6) is -1.45. The first-order valence-corrected chi connectivity index (χ1v) is 5.25. The van der Waals surface area contributed by atoms with Crippen molar-refractivity contribution in [3.8, 4) is 0 Å². The maximum absolute atomic E-state index is 13.2. The number of benzene rings is 1. The summed E-state index contributed by atoms with van der Waals surface area (Å²) in [5, 5.41) is 3.11. The van der Waals surface area contributed by atoms with Gasteiger partial charge in [0.05, 0.1) is 0 Å². The summed E-state index contributed by atoms with van der Waals surface area (Å²) < 4.78 is 26.1. The maximum atomic E-state index is 13.2. The maximum Gasteiger partial charge on any atom is 0.162 e. The smallest absolute Gasteiger partial charge is 0.162 e. The van der Waals surface area contributed by atoms with Gasteiger partial charge < -0.3 is 5.32 Å². The molecule has 0 saturated carbocycles. The minimum atomic E-state index is -0.755. The summed E-state index contributed by atoms with van der Waals surface area (Å²) in [6.07, 6.45) is 2.42. The Hall–Kier alpha value is -0.960. The molecule has 1 atom stereocenters. The number of hydrogen-bond donors (Lipinski definition) is 1. The molecule has 0 radical (unpaired) electrons. The standard InChI is InChI=1S/C12H17F2N/c1-9(15-2)5-3-6-10-7-4-8-11(13)12(10)14/h4,7-9,15H,3,5-6H2,1-2H3. The van der Waals surface area contributed by atoms with E-state index < -0.39 is 11.6 Å². The van der Waals surface area contributed by atoms with E-state index >= 15 is 0 Å². The second-order valence-electron chi connectivity index (χ2n) is 3.79. The molecule has 1 nitrogen and oxygen atoms in total. The van der Waals surface area contributed by atoms with Gasteiger partial charge in [-0.25, -0.2) is 8.78 Å². The molecule has 15 heavy (non-hydrogen) atoms. The molecule has 0 amide bonds. The van der Waals surface area contributed by atoms with Crippen molar-refractivity contribution >= 4 is 0 Å². The van der Waals surface area contributed by atoms with Crippen LogP contribution in [0.5, 0.6) is 0 Å². The van der Waals surface area contributed by atoms with E-state index in [4.69, 9.17) is 0 Å². The summed E-state index contributed by atoms with van der Waals surface area (Å²) in [7, 11) is 1.90. The Labute approximate surface area is 89.5 Å². The Morgan fingerprint density at radius 1 is 1.33 bits per heavy atom. The van der Waals surface area contributed by atoms with Crippen LogP contribution in [0.25, 0.3) is 0 Å². The molecule has 0 fully saturated rings. The molecule has 0 spiro atoms. The summed E-state index contributed by atoms with van der Waals surface area (Å²) >= 11 is 0. The lowest BCUT2D eigenvalue weighted by molar-refractivity contribution is 0.490. The van der Waals surface area contributed by atoms with E-state index in [0.29, 0.717) is 18.0 Å². The zero-order valence-corrected chi connectivity index (χ0v) is 9.19. The van der Waals surface area contributed by atoms with Gasteiger partial charge in [0.25, 0.3) is 0 Å². The van der Waals surface area contributed by atoms with Crippen LogP contribution in [0.15, 0.2) is 18.2 Å². The molecule has 1 aromatic rings. The van der Waals surface area contributed by atoms with E-state index in [-0.39, 0.29) is 0 Å². The Morgan fingerprint density at radius 2 is 2.07 bits per heavy atom. The van der Waals surface area contributed by atoms with E-state index in [1.54, 1.807) is 12.1 Å². The molecule has 1 unspecified atom stereocenters. The minimum Gasteiger partial charge on any atom is -0.317 e. The highest BCUT2D eigenvalue weighted by Gasteiger charge is 2.07. The summed E-state index contributed by atoms with van der Waals surface area (Å²) in [6.45, 7) is 2.07. The fourth-order valence-corrected chi connectivity index (χ4v) is 1.48. The van der Waals surface area contributed by atoms with Gasteiger partial charge in [-0.3, -0.25) is 0 Å². The molecule has 0 heterocycles. The fourth-order valence-electron chi connectivity index (χ4n) is 1.48. The SMILES string of the molecule is CNC(C)CCCc1cccc(F)c1F. The second-order valence-corrected chi connectivity index (χ2v) is 3.79. The van der Waals surface area contributed by atoms with Crippen molar-refractivity contribution in [1.82, 2.24) is 5.32 Å². The van der Waals surface area contributed by atoms with Crippen molar-refractivity contribution in [3.63, 3.8) is 0 Å². The number of halogens is 2. The molecule has 0 aliphatic rings. The monoisotopic (exact) mass is 213 g/mol. The van der Waals surface area contributed by atoms with Gasteiger partial charge in [-0.1, -0.05) is 12.1 Å². The van der Waals surface area contributed by atoms with Crippen LogP contribution in [-0.2, 0) is 6.42 Å². The Bertz CT molecular complexity index is 312. The van der Waals surface area contributed by atoms with E-state index in [0.717, 1.165) is 18.9 Å². The lowest BCUT2D eigenvalue weighted by Crippen LogP contribution is -2.20. The van der Waals surface area contributed by atoms with E-state index in [2.05, 4.69) is 12.2 Å². The molecule has 3 heteroatoms. The Kier molecular flexibility index (Phi) is 4.69. The van der Waals surface area contributed by atoms with Gasteiger partial charge in [0, 0.05) is 6.04 Å². The van der Waals surface area contributed by atoms with Crippen molar-refractivity contribution in [2.45, 2.75) is 32.2 Å². The molecule has 0 bridgehead atoms. The molecule has 1 aromatic carbocycles. The molecule has 0 saturated heterocycles. The molecule has 84 valence electrons. The average molecular weight is 213 g/mol. The quantitative estimate of drug-likeness (QED) is 0.793. The van der Waals surface area contributed by atoms with Crippen LogP contribution in [0.3, 0.4) is 0 Å². The van der Waals surface area contributed by atoms with Gasteiger partial charge in [-0.05, 0) is 44.9 Å². The zero-order chi connectivity index (χ0) is 11.3. The summed E-state index contributed by atoms with van der Waals surface area (Å²) in [4.78, 5) is 0. The largest absolute Gasteiger partial charge is 0.317 e. The van der Waals surface area contributed by atoms with Gasteiger partial charge in [0.15, 0.2) is 11.6 Å². The van der Waals surface area contributed by atoms with E-state index in [9.17, 15) is 8.78 Å². The highest BCUT2D eigenvalue weighted by atomic mass is 19.2. The molecular weight excluding hydrogens is 196 g/mol. The van der Waals surface area contributed by atoms with E-state index in [1.807, 2.05) is 7.05 Å². The third-order valence-corrected chi connectivity index (χ3v) is 2.61. The van der Waals surface area contributed by atoms with Crippen molar-refractivity contribution in [1.29, 1.82) is 0 Å². The van der Waals surface area contributed by atoms with Crippen molar-refractivity contribution < 1.29 is 8.78 Å². The first kappa shape index (κ1) is 12.1. The van der Waals surface area contributed by atoms with Gasteiger partial charge in [0.2, 0.25) is 0 Å². The number of rotatable bonds is 5. The normalized spacial score (nSPS) is 12.8. The van der Waals surface area contributed by atoms with Gasteiger partial charge in [-0.15, -0.1) is 0 Å². The highest BCUT2D eigenvalue weighted by molar-refractivity contribution is 5.18. The Balaban J connectivity index is 2.47. The zero-order valence-electron chi connectivity index (χ0n) is 9.19. The third kappa shape index (κ3) is 3.59. The van der Waals surface area contributed by atoms with Gasteiger partial charge in [-0.2, -0.15) is 0 Å². The predicted molar refractivity (Wildman–Crippen MR) is 57.8 cm³/mol. The van der Waals surface area contributed by atoms with Crippen LogP contribution in [0.2, 0.25) is 0 Å². The van der Waals surface area contributed by atoms with E-state index in [1.165, 1.54) is 0 Å². The van der Waals surface area contributed by atoms with Crippen LogP contribution in [0, 0.1) is 11.6 Å². The lowest BCUT2D eigenvalue weighted by Gasteiger charge is -2.09. The predicted octanol–water partition coefficient (Wildman–Crippen LogP) is 2.90. The lowest BCUT2D eigenvalue weighted by atomic mass is 10.0. The van der Waals surface area contributed by atoms with Crippen LogP contribution in [-0.4, -0.2) is 13.1 Å². The summed E-state index contributed by atoms with van der Waals surface area (Å²) in [5.41, 5.74) is 0.471. The van der Waals surface area contributed by atoms with Crippen molar-refractivity contribution in [2.75, 3.05) is 7.05 Å². The van der Waals surface area contributed by atoms with Gasteiger partial charge >= 0.3 is 0 Å². The van der Waals surface area contributed by atoms with Crippen molar-refractivity contribution in [3.05, 3.63) is 35.4 Å². The number of hydrogen-bond acceptors (Lipinski definition) is 1. The van der Waals surface area contributed by atoms with Crippen LogP contribution in [0.1, 0.15) is 25.3 Å². The van der Waals surface area contributed by atoms with Crippen LogP contribution in [0.4, 0.5) is 8.78 Å². The molecule has 0 aliphatic heterocycles. The molecule has 1 N–H and O–H groups in total. The van der Waals surface area contributed by atoms with Gasteiger partial charge in [0.1, 0.15) is 0 Å². The average Bonchev–Trinajstić information content (AvgIpc) is 2.24. The summed E-state index contributed by atoms with van der Waals surface area (Å²) in [6, 6.07) is 4.76. The van der Waals surface area contributed by atoms with Crippen molar-refractivity contribution in [2.24, 2.45) is 0 Å². The number of aryl methyl sites for hydroxylation is 1. The fraction of sp³-hybridized carbons (Fsp3) is 0.500. The second kappa shape index (κ2) is 5.81. The van der Waals surface area contributed by atoms with Crippen LogP contribution >= 0.6 is 0 Å². The minimum absolute atomic E-state index is 0.418. The topological polar surface area (TPSA) is 12.0 Å². The molecule has 0 aromatic heterocycles. The molecule has 0 aliphatic carbocycles. The first-order valence-electron chi connectivity index (χ1n) is 5.25. The molecule has 1 rings (SSSR count). The molecular formula is C12H17F2N.